The van der Waals surface area contributed by atoms with Gasteiger partial charge in [0.1, 0.15) is 11.9 Å². The van der Waals surface area contributed by atoms with Crippen molar-refractivity contribution in [2.45, 2.75) is 25.4 Å². The Bertz CT molecular complexity index is 1350. The third-order valence-electron chi connectivity index (χ3n) is 6.67. The predicted octanol–water partition coefficient (Wildman–Crippen LogP) is 3.44. The molecule has 41 heavy (non-hydrogen) atoms. The molecule has 0 saturated carbocycles. The zero-order valence-electron chi connectivity index (χ0n) is 22.5. The van der Waals surface area contributed by atoms with Gasteiger partial charge in [0.05, 0.1) is 0 Å². The fourth-order valence-corrected chi connectivity index (χ4v) is 5.07. The fraction of sp³-hybridized carbons (Fsp3) is 0.310. The first kappa shape index (κ1) is 30.1. The lowest BCUT2D eigenvalue weighted by Gasteiger charge is -2.37. The van der Waals surface area contributed by atoms with Gasteiger partial charge in [0.25, 0.3) is 0 Å². The number of aromatic nitrogens is 1. The Labute approximate surface area is 249 Å². The molecular formula is C29H33Cl2N7O3. The SMILES string of the molecule is NCCC(=O)N[C@H](Cc1ccc(Cl)cc1Cl)C(=O)N1CCN(c2ncccc2CNC(=O)Nc2ccccc2)CC1. The van der Waals surface area contributed by atoms with Gasteiger partial charge in [-0.25, -0.2) is 9.78 Å². The van der Waals surface area contributed by atoms with Gasteiger partial charge < -0.3 is 31.5 Å². The molecule has 1 aliphatic rings. The second kappa shape index (κ2) is 14.7. The van der Waals surface area contributed by atoms with Gasteiger partial charge >= 0.3 is 6.03 Å². The highest BCUT2D eigenvalue weighted by atomic mass is 35.5. The zero-order chi connectivity index (χ0) is 29.2. The van der Waals surface area contributed by atoms with Crippen molar-refractivity contribution in [2.75, 3.05) is 42.9 Å². The lowest BCUT2D eigenvalue weighted by Crippen LogP contribution is -2.56. The van der Waals surface area contributed by atoms with E-state index in [1.54, 1.807) is 29.3 Å². The first-order valence-electron chi connectivity index (χ1n) is 13.3. The van der Waals surface area contributed by atoms with Crippen molar-refractivity contribution in [2.24, 2.45) is 5.73 Å². The summed E-state index contributed by atoms with van der Waals surface area (Å²) in [5, 5.41) is 9.44. The standard InChI is InChI=1S/C29H33Cl2N7O3/c30-22-9-8-20(24(31)18-22)17-25(36-26(39)10-11-32)28(40)38-15-13-37(14-16-38)27-21(5-4-12-33-27)19-34-29(41)35-23-6-2-1-3-7-23/h1-9,12,18,25H,10-11,13-17,19,32H2,(H,36,39)(H2,34,35,41)/t25-/m1/s1. The number of urea groups is 1. The van der Waals surface area contributed by atoms with E-state index in [1.165, 1.54) is 0 Å². The molecule has 0 spiro atoms. The van der Waals surface area contributed by atoms with Crippen LogP contribution in [-0.2, 0) is 22.6 Å². The van der Waals surface area contributed by atoms with Crippen LogP contribution in [-0.4, -0.2) is 66.5 Å². The van der Waals surface area contributed by atoms with Crippen molar-refractivity contribution >= 4 is 52.6 Å². The Hall–Kier alpha value is -3.86. The van der Waals surface area contributed by atoms with Crippen LogP contribution < -0.4 is 26.6 Å². The molecule has 4 rings (SSSR count). The van der Waals surface area contributed by atoms with Crippen molar-refractivity contribution in [3.05, 3.63) is 88.0 Å². The molecule has 1 fully saturated rings. The van der Waals surface area contributed by atoms with E-state index in [0.29, 0.717) is 47.5 Å². The minimum absolute atomic E-state index is 0.117. The van der Waals surface area contributed by atoms with Crippen molar-refractivity contribution in [1.82, 2.24) is 20.5 Å². The Morgan fingerprint density at radius 2 is 1.71 bits per heavy atom. The van der Waals surface area contributed by atoms with Crippen LogP contribution >= 0.6 is 23.2 Å². The van der Waals surface area contributed by atoms with Crippen molar-refractivity contribution in [3.63, 3.8) is 0 Å². The number of hydrogen-bond acceptors (Lipinski definition) is 6. The summed E-state index contributed by atoms with van der Waals surface area (Å²) in [6.45, 7) is 2.43. The molecule has 3 aromatic rings. The predicted molar refractivity (Wildman–Crippen MR) is 161 cm³/mol. The highest BCUT2D eigenvalue weighted by molar-refractivity contribution is 6.35. The van der Waals surface area contributed by atoms with Gasteiger partial charge in [0.2, 0.25) is 11.8 Å². The largest absolute Gasteiger partial charge is 0.353 e. The summed E-state index contributed by atoms with van der Waals surface area (Å²) >= 11 is 12.4. The maximum atomic E-state index is 13.6. The van der Waals surface area contributed by atoms with Gasteiger partial charge in [0.15, 0.2) is 0 Å². The average molecular weight is 599 g/mol. The summed E-state index contributed by atoms with van der Waals surface area (Å²) in [6, 6.07) is 16.9. The van der Waals surface area contributed by atoms with E-state index in [1.807, 2.05) is 42.5 Å². The number of amides is 4. The first-order chi connectivity index (χ1) is 19.8. The van der Waals surface area contributed by atoms with Crippen LogP contribution in [0.4, 0.5) is 16.3 Å². The fourth-order valence-electron chi connectivity index (χ4n) is 4.59. The summed E-state index contributed by atoms with van der Waals surface area (Å²) in [5.74, 6) is 0.262. The molecule has 0 aliphatic carbocycles. The topological polar surface area (TPSA) is 133 Å². The summed E-state index contributed by atoms with van der Waals surface area (Å²) in [5.41, 5.74) is 7.82. The molecule has 10 nitrogen and oxygen atoms in total. The number of para-hydroxylation sites is 1. The Morgan fingerprint density at radius 1 is 0.951 bits per heavy atom. The van der Waals surface area contributed by atoms with Crippen LogP contribution in [0.1, 0.15) is 17.5 Å². The second-order valence-corrected chi connectivity index (χ2v) is 10.4. The monoisotopic (exact) mass is 597 g/mol. The minimum atomic E-state index is -0.794. The number of nitrogens with two attached hydrogens (primary N) is 1. The number of carbonyl (C=O) groups excluding carboxylic acids is 3. The summed E-state index contributed by atoms with van der Waals surface area (Å²) in [7, 11) is 0. The van der Waals surface area contributed by atoms with Crippen LogP contribution in [0.25, 0.3) is 0 Å². The van der Waals surface area contributed by atoms with Gasteiger partial charge in [-0.05, 0) is 35.9 Å². The Morgan fingerprint density at radius 3 is 2.41 bits per heavy atom. The highest BCUT2D eigenvalue weighted by Crippen LogP contribution is 2.24. The quantitative estimate of drug-likeness (QED) is 0.283. The zero-order valence-corrected chi connectivity index (χ0v) is 24.0. The van der Waals surface area contributed by atoms with E-state index in [2.05, 4.69) is 25.8 Å². The molecule has 12 heteroatoms. The number of carbonyl (C=O) groups is 3. The number of halogens is 2. The lowest BCUT2D eigenvalue weighted by atomic mass is 10.0. The molecule has 216 valence electrons. The van der Waals surface area contributed by atoms with Crippen LogP contribution in [0.5, 0.6) is 0 Å². The van der Waals surface area contributed by atoms with Gasteiger partial charge in [-0.2, -0.15) is 0 Å². The van der Waals surface area contributed by atoms with E-state index in [9.17, 15) is 14.4 Å². The van der Waals surface area contributed by atoms with Crippen LogP contribution in [0.2, 0.25) is 10.0 Å². The van der Waals surface area contributed by atoms with Gasteiger partial charge in [-0.3, -0.25) is 9.59 Å². The van der Waals surface area contributed by atoms with Gasteiger partial charge in [-0.15, -0.1) is 0 Å². The van der Waals surface area contributed by atoms with E-state index >= 15 is 0 Å². The van der Waals surface area contributed by atoms with E-state index in [4.69, 9.17) is 28.9 Å². The number of piperazine rings is 1. The molecule has 5 N–H and O–H groups in total. The first-order valence-corrected chi connectivity index (χ1v) is 14.1. The van der Waals surface area contributed by atoms with Gasteiger partial charge in [-0.1, -0.05) is 53.5 Å². The van der Waals surface area contributed by atoms with E-state index in [-0.39, 0.29) is 43.8 Å². The van der Waals surface area contributed by atoms with Crippen LogP contribution in [0, 0.1) is 0 Å². The number of benzene rings is 2. The average Bonchev–Trinajstić information content (AvgIpc) is 2.97. The van der Waals surface area contributed by atoms with E-state index < -0.39 is 6.04 Å². The second-order valence-electron chi connectivity index (χ2n) is 9.57. The minimum Gasteiger partial charge on any atom is -0.353 e. The van der Waals surface area contributed by atoms with E-state index in [0.717, 1.165) is 11.4 Å². The van der Waals surface area contributed by atoms with Crippen molar-refractivity contribution < 1.29 is 14.4 Å². The molecule has 1 saturated heterocycles. The molecule has 4 amide bonds. The molecular weight excluding hydrogens is 565 g/mol. The molecule has 1 aliphatic heterocycles. The molecule has 0 unspecified atom stereocenters. The number of nitrogens with zero attached hydrogens (tertiary/aromatic N) is 3. The smallest absolute Gasteiger partial charge is 0.319 e. The number of pyridine rings is 1. The number of nitrogens with one attached hydrogen (secondary N) is 3. The molecule has 0 bridgehead atoms. The molecule has 1 atom stereocenters. The molecule has 0 radical (unpaired) electrons. The summed E-state index contributed by atoms with van der Waals surface area (Å²) in [4.78, 5) is 46.7. The Kier molecular flexibility index (Phi) is 10.8. The summed E-state index contributed by atoms with van der Waals surface area (Å²) < 4.78 is 0. The third-order valence-corrected chi connectivity index (χ3v) is 7.26. The third kappa shape index (κ3) is 8.56. The number of anilines is 2. The summed E-state index contributed by atoms with van der Waals surface area (Å²) in [6.07, 6.45) is 2.05. The molecule has 1 aromatic heterocycles. The van der Waals surface area contributed by atoms with Crippen molar-refractivity contribution in [3.8, 4) is 0 Å². The van der Waals surface area contributed by atoms with Gasteiger partial charge in [0, 0.05) is 79.6 Å². The maximum absolute atomic E-state index is 13.6. The van der Waals surface area contributed by atoms with Crippen LogP contribution in [0.15, 0.2) is 66.9 Å². The van der Waals surface area contributed by atoms with Crippen molar-refractivity contribution in [1.29, 1.82) is 0 Å². The Balaban J connectivity index is 1.38. The normalized spacial score (nSPS) is 13.8. The lowest BCUT2D eigenvalue weighted by molar-refractivity contribution is -0.136. The highest BCUT2D eigenvalue weighted by Gasteiger charge is 2.30. The molecule has 2 heterocycles. The van der Waals surface area contributed by atoms with Crippen LogP contribution in [0.3, 0.4) is 0 Å². The molecule has 2 aromatic carbocycles. The number of hydrogen-bond donors (Lipinski definition) is 4. The maximum Gasteiger partial charge on any atom is 0.319 e. The number of rotatable bonds is 10.